The predicted octanol–water partition coefficient (Wildman–Crippen LogP) is 7.21. The number of hydrogen-bond acceptors (Lipinski definition) is 2. The minimum atomic E-state index is -1.20. The number of benzene rings is 5. The van der Waals surface area contributed by atoms with Crippen LogP contribution in [0.25, 0.3) is 0 Å². The van der Waals surface area contributed by atoms with Crippen LogP contribution >= 0.6 is 7.92 Å². The van der Waals surface area contributed by atoms with Crippen LogP contribution in [0.4, 0.5) is 0 Å². The number of carbonyl (C=O) groups is 1. The topological polar surface area (TPSA) is 46.2 Å². The Balaban J connectivity index is 1.58. The van der Waals surface area contributed by atoms with E-state index in [0.717, 1.165) is 29.3 Å². The van der Waals surface area contributed by atoms with Gasteiger partial charge >= 0.3 is 0 Å². The van der Waals surface area contributed by atoms with Crippen molar-refractivity contribution in [2.45, 2.75) is 31.1 Å². The molecule has 212 valence electrons. The molecule has 5 aromatic rings. The van der Waals surface area contributed by atoms with Gasteiger partial charge in [0.1, 0.15) is 0 Å². The Kier molecular flexibility index (Phi) is 10.5. The Labute approximate surface area is 253 Å². The summed E-state index contributed by atoms with van der Waals surface area (Å²) in [6.07, 6.45) is 1.83. The van der Waals surface area contributed by atoms with Gasteiger partial charge in [-0.1, -0.05) is 153 Å². The molecular formula is C37H36NO2PS. The summed E-state index contributed by atoms with van der Waals surface area (Å²) in [6.45, 7) is 2.11. The first-order valence-electron chi connectivity index (χ1n) is 14.4. The zero-order valence-electron chi connectivity index (χ0n) is 23.8. The third kappa shape index (κ3) is 7.13. The van der Waals surface area contributed by atoms with Gasteiger partial charge in [0.15, 0.2) is 0 Å². The Morgan fingerprint density at radius 3 is 1.69 bits per heavy atom. The lowest BCUT2D eigenvalue weighted by Gasteiger charge is -2.29. The summed E-state index contributed by atoms with van der Waals surface area (Å²) < 4.78 is 13.9. The SMILES string of the molecule is CCCCS(=O)C(c1ccccc1)C(NC(=O)c1ccccc1P(c1ccccc1)c1ccccc1)c1ccccc1. The molecule has 0 spiro atoms. The van der Waals surface area contributed by atoms with Crippen LogP contribution < -0.4 is 21.2 Å². The molecule has 0 aliphatic heterocycles. The van der Waals surface area contributed by atoms with Crippen LogP contribution in [-0.4, -0.2) is 15.9 Å². The third-order valence-corrected chi connectivity index (χ3v) is 11.6. The molecule has 0 bridgehead atoms. The molecule has 0 saturated carbocycles. The van der Waals surface area contributed by atoms with E-state index in [9.17, 15) is 9.00 Å². The highest BCUT2D eigenvalue weighted by molar-refractivity contribution is 7.85. The van der Waals surface area contributed by atoms with Crippen molar-refractivity contribution in [2.75, 3.05) is 5.75 Å². The summed E-state index contributed by atoms with van der Waals surface area (Å²) >= 11 is 0. The highest BCUT2D eigenvalue weighted by Gasteiger charge is 2.32. The van der Waals surface area contributed by atoms with Crippen molar-refractivity contribution in [3.8, 4) is 0 Å². The number of rotatable bonds is 12. The molecule has 1 amide bonds. The second-order valence-electron chi connectivity index (χ2n) is 10.2. The van der Waals surface area contributed by atoms with Gasteiger partial charge in [0.25, 0.3) is 5.91 Å². The normalized spacial score (nSPS) is 13.3. The number of hydrogen-bond donors (Lipinski definition) is 1. The molecule has 5 rings (SSSR count). The molecule has 3 nitrogen and oxygen atoms in total. The largest absolute Gasteiger partial charge is 0.344 e. The molecule has 3 unspecified atom stereocenters. The van der Waals surface area contributed by atoms with Crippen LogP contribution in [0.3, 0.4) is 0 Å². The Bertz CT molecular complexity index is 1540. The fraction of sp³-hybridized carbons (Fsp3) is 0.162. The number of nitrogens with one attached hydrogen (secondary N) is 1. The van der Waals surface area contributed by atoms with E-state index < -0.39 is 24.8 Å². The standard InChI is InChI=1S/C37H36NO2PS/c1-2-3-28-42(40)36(30-20-10-5-11-21-30)35(29-18-8-4-9-19-29)38-37(39)33-26-16-17-27-34(33)41(31-22-12-6-13-23-31)32-24-14-7-15-25-32/h4-27,35-36H,2-3,28H2,1H3,(H,38,39). The highest BCUT2D eigenvalue weighted by atomic mass is 32.2. The molecule has 0 aliphatic carbocycles. The van der Waals surface area contributed by atoms with Gasteiger partial charge in [-0.05, 0) is 47.4 Å². The Hall–Kier alpha value is -3.85. The van der Waals surface area contributed by atoms with Crippen LogP contribution in [-0.2, 0) is 10.8 Å². The minimum Gasteiger partial charge on any atom is -0.344 e. The van der Waals surface area contributed by atoms with Crippen LogP contribution in [0, 0.1) is 0 Å². The van der Waals surface area contributed by atoms with Crippen molar-refractivity contribution < 1.29 is 9.00 Å². The molecular weight excluding hydrogens is 553 g/mol. The molecule has 5 heteroatoms. The van der Waals surface area contributed by atoms with Crippen molar-refractivity contribution >= 4 is 40.5 Å². The Morgan fingerprint density at radius 1 is 0.667 bits per heavy atom. The van der Waals surface area contributed by atoms with Crippen molar-refractivity contribution in [2.24, 2.45) is 0 Å². The second kappa shape index (κ2) is 14.9. The maximum Gasteiger partial charge on any atom is 0.252 e. The summed E-state index contributed by atoms with van der Waals surface area (Å²) in [6, 6.07) is 48.2. The van der Waals surface area contributed by atoms with Crippen molar-refractivity contribution in [1.29, 1.82) is 0 Å². The van der Waals surface area contributed by atoms with Crippen molar-refractivity contribution in [3.63, 3.8) is 0 Å². The van der Waals surface area contributed by atoms with Crippen LogP contribution in [0.1, 0.15) is 52.5 Å². The molecule has 0 aliphatic rings. The smallest absolute Gasteiger partial charge is 0.252 e. The molecule has 0 saturated heterocycles. The lowest BCUT2D eigenvalue weighted by atomic mass is 9.97. The van der Waals surface area contributed by atoms with E-state index in [2.05, 4.69) is 66.8 Å². The summed E-state index contributed by atoms with van der Waals surface area (Å²) in [5.74, 6) is 0.423. The van der Waals surface area contributed by atoms with Gasteiger partial charge in [-0.3, -0.25) is 9.00 Å². The summed E-state index contributed by atoms with van der Waals surface area (Å²) in [5, 5.41) is 6.36. The van der Waals surface area contributed by atoms with E-state index in [0.29, 0.717) is 11.3 Å². The summed E-state index contributed by atoms with van der Waals surface area (Å²) in [5.41, 5.74) is 2.55. The molecule has 1 N–H and O–H groups in total. The van der Waals surface area contributed by atoms with Crippen LogP contribution in [0.2, 0.25) is 0 Å². The molecule has 5 aromatic carbocycles. The van der Waals surface area contributed by atoms with Gasteiger partial charge in [-0.2, -0.15) is 0 Å². The van der Waals surface area contributed by atoms with Crippen LogP contribution in [0.15, 0.2) is 146 Å². The monoisotopic (exact) mass is 589 g/mol. The lowest BCUT2D eigenvalue weighted by Crippen LogP contribution is -2.37. The average molecular weight is 590 g/mol. The fourth-order valence-corrected chi connectivity index (χ4v) is 9.47. The first-order valence-corrected chi connectivity index (χ1v) is 17.2. The maximum absolute atomic E-state index is 14.4. The minimum absolute atomic E-state index is 0.160. The zero-order valence-corrected chi connectivity index (χ0v) is 25.5. The lowest BCUT2D eigenvalue weighted by molar-refractivity contribution is 0.0937. The number of amides is 1. The predicted molar refractivity (Wildman–Crippen MR) is 179 cm³/mol. The van der Waals surface area contributed by atoms with E-state index in [1.807, 2.05) is 91.0 Å². The van der Waals surface area contributed by atoms with E-state index in [1.54, 1.807) is 0 Å². The molecule has 0 fully saturated rings. The van der Waals surface area contributed by atoms with Gasteiger partial charge < -0.3 is 5.32 Å². The van der Waals surface area contributed by atoms with Gasteiger partial charge in [0.2, 0.25) is 0 Å². The second-order valence-corrected chi connectivity index (χ2v) is 14.0. The van der Waals surface area contributed by atoms with Crippen LogP contribution in [0.5, 0.6) is 0 Å². The molecule has 42 heavy (non-hydrogen) atoms. The Morgan fingerprint density at radius 2 is 1.14 bits per heavy atom. The van der Waals surface area contributed by atoms with Crippen molar-refractivity contribution in [3.05, 3.63) is 162 Å². The summed E-state index contributed by atoms with van der Waals surface area (Å²) in [4.78, 5) is 14.4. The number of carbonyl (C=O) groups excluding carboxylic acids is 1. The van der Waals surface area contributed by atoms with Gasteiger partial charge in [0, 0.05) is 22.1 Å². The summed E-state index contributed by atoms with van der Waals surface area (Å²) in [7, 11) is -2.18. The van der Waals surface area contributed by atoms with Gasteiger partial charge in [-0.25, -0.2) is 0 Å². The quantitative estimate of drug-likeness (QED) is 0.156. The molecule has 0 radical (unpaired) electrons. The van der Waals surface area contributed by atoms with E-state index in [-0.39, 0.29) is 11.2 Å². The first kappa shape index (κ1) is 29.6. The van der Waals surface area contributed by atoms with Crippen molar-refractivity contribution in [1.82, 2.24) is 5.32 Å². The van der Waals surface area contributed by atoms with E-state index in [4.69, 9.17) is 0 Å². The maximum atomic E-state index is 14.4. The molecule has 3 atom stereocenters. The fourth-order valence-electron chi connectivity index (χ4n) is 5.21. The highest BCUT2D eigenvalue weighted by Crippen LogP contribution is 2.37. The zero-order chi connectivity index (χ0) is 29.1. The van der Waals surface area contributed by atoms with Gasteiger partial charge in [-0.15, -0.1) is 0 Å². The third-order valence-electron chi connectivity index (χ3n) is 7.28. The van der Waals surface area contributed by atoms with E-state index in [1.165, 1.54) is 10.6 Å². The average Bonchev–Trinajstić information content (AvgIpc) is 3.05. The molecule has 0 aromatic heterocycles. The first-order chi connectivity index (χ1) is 20.7. The van der Waals surface area contributed by atoms with E-state index >= 15 is 0 Å². The molecule has 0 heterocycles. The number of unbranched alkanes of at least 4 members (excludes halogenated alkanes) is 1. The van der Waals surface area contributed by atoms with Gasteiger partial charge in [0.05, 0.1) is 11.3 Å².